The number of nitrogens with zero attached hydrogens (tertiary/aromatic N) is 2. The van der Waals surface area contributed by atoms with Crippen LogP contribution >= 0.6 is 12.2 Å². The van der Waals surface area contributed by atoms with E-state index in [2.05, 4.69) is 29.8 Å². The molecule has 0 unspecified atom stereocenters. The minimum absolute atomic E-state index is 0.0499. The number of carboxylic acid groups (broad SMARTS) is 1. The maximum atomic E-state index is 14.2. The SMILES string of the molecule is CC[C@H](C)[C@@H]([C@@H](CC(=O)N1CCC[C@H]1[C@H](OC)[C@@H](C)C(=S)N[C@@H](Cc1ccccc1)C(=O)O)OC)N(C)[C@H](C(=O)NC(=O)C(C)(C)NC)C(C)C. The van der Waals surface area contributed by atoms with Crippen LogP contribution in [0.5, 0.6) is 0 Å². The van der Waals surface area contributed by atoms with Gasteiger partial charge in [0.05, 0.1) is 41.2 Å². The first-order valence-electron chi connectivity index (χ1n) is 18.1. The summed E-state index contributed by atoms with van der Waals surface area (Å²) in [6, 6.07) is 7.22. The highest BCUT2D eigenvalue weighted by atomic mass is 32.1. The summed E-state index contributed by atoms with van der Waals surface area (Å²) in [7, 11) is 6.71. The second-order valence-corrected chi connectivity index (χ2v) is 15.2. The van der Waals surface area contributed by atoms with E-state index in [-0.39, 0.29) is 48.6 Å². The van der Waals surface area contributed by atoms with Crippen molar-refractivity contribution in [1.82, 2.24) is 25.8 Å². The number of carbonyl (C=O) groups excluding carboxylic acids is 3. The van der Waals surface area contributed by atoms with Gasteiger partial charge in [0.2, 0.25) is 17.7 Å². The second-order valence-electron chi connectivity index (χ2n) is 14.8. The van der Waals surface area contributed by atoms with Crippen molar-refractivity contribution in [2.75, 3.05) is 34.9 Å². The molecule has 51 heavy (non-hydrogen) atoms. The van der Waals surface area contributed by atoms with Crippen molar-refractivity contribution in [3.8, 4) is 0 Å². The van der Waals surface area contributed by atoms with Crippen LogP contribution in [0.4, 0.5) is 0 Å². The van der Waals surface area contributed by atoms with Crippen molar-refractivity contribution in [3.63, 3.8) is 0 Å². The molecule has 1 aliphatic heterocycles. The van der Waals surface area contributed by atoms with Crippen molar-refractivity contribution in [1.29, 1.82) is 0 Å². The molecule has 4 N–H and O–H groups in total. The Labute approximate surface area is 310 Å². The number of likely N-dealkylation sites (N-methyl/N-ethyl adjacent to an activating group) is 2. The van der Waals surface area contributed by atoms with E-state index in [0.29, 0.717) is 18.0 Å². The van der Waals surface area contributed by atoms with Crippen LogP contribution in [-0.4, -0.2) is 120 Å². The maximum Gasteiger partial charge on any atom is 0.326 e. The van der Waals surface area contributed by atoms with Crippen LogP contribution in [-0.2, 0) is 35.1 Å². The highest BCUT2D eigenvalue weighted by molar-refractivity contribution is 7.80. The fraction of sp³-hybridized carbons (Fsp3) is 0.711. The molecule has 0 aromatic heterocycles. The third kappa shape index (κ3) is 11.8. The van der Waals surface area contributed by atoms with Gasteiger partial charge in [-0.25, -0.2) is 4.79 Å². The van der Waals surface area contributed by atoms with E-state index in [1.165, 1.54) is 0 Å². The highest BCUT2D eigenvalue weighted by Crippen LogP contribution is 2.30. The summed E-state index contributed by atoms with van der Waals surface area (Å²) in [5, 5.41) is 18.5. The summed E-state index contributed by atoms with van der Waals surface area (Å²) in [5.41, 5.74) is -0.0544. The largest absolute Gasteiger partial charge is 0.480 e. The van der Waals surface area contributed by atoms with Gasteiger partial charge < -0.3 is 30.1 Å². The Kier molecular flexibility index (Phi) is 17.6. The van der Waals surface area contributed by atoms with Gasteiger partial charge in [0.1, 0.15) is 6.04 Å². The quantitative estimate of drug-likeness (QED) is 0.146. The van der Waals surface area contributed by atoms with Gasteiger partial charge in [-0.3, -0.25) is 24.6 Å². The van der Waals surface area contributed by atoms with Crippen molar-refractivity contribution >= 4 is 40.9 Å². The van der Waals surface area contributed by atoms with Crippen molar-refractivity contribution in [2.45, 2.75) is 122 Å². The number of rotatable bonds is 20. The standard InChI is InChI=1S/C38H63N5O7S/c1-12-24(4)32(42(9)31(23(2)3)34(45)41-37(48)38(6,7)39-8)29(49-10)22-30(44)43-20-16-19-28(43)33(50-11)25(5)35(51)40-27(36(46)47)21-26-17-14-13-15-18-26/h13-15,17-18,23-25,27-29,31-33,39H,12,16,19-22H2,1-11H3,(H,40,51)(H,46,47)(H,41,45,48)/t24-,25+,27-,28-,29+,31-,32-,33+/m0/s1. The van der Waals surface area contributed by atoms with E-state index in [1.807, 2.05) is 68.0 Å². The molecule has 0 spiro atoms. The summed E-state index contributed by atoms with van der Waals surface area (Å²) in [6.07, 6.45) is 1.61. The van der Waals surface area contributed by atoms with Crippen LogP contribution in [0.3, 0.4) is 0 Å². The molecule has 0 radical (unpaired) electrons. The molecular formula is C38H63N5O7S. The van der Waals surface area contributed by atoms with Gasteiger partial charge in [-0.1, -0.05) is 83.6 Å². The third-order valence-corrected chi connectivity index (χ3v) is 11.1. The molecule has 1 aliphatic rings. The molecule has 1 fully saturated rings. The van der Waals surface area contributed by atoms with E-state index in [4.69, 9.17) is 21.7 Å². The minimum Gasteiger partial charge on any atom is -0.480 e. The van der Waals surface area contributed by atoms with E-state index in [9.17, 15) is 24.3 Å². The lowest BCUT2D eigenvalue weighted by Crippen LogP contribution is -2.61. The number of methoxy groups -OCH3 is 2. The molecule has 1 saturated heterocycles. The van der Waals surface area contributed by atoms with Gasteiger partial charge in [-0.2, -0.15) is 0 Å². The molecule has 0 saturated carbocycles. The van der Waals surface area contributed by atoms with Gasteiger partial charge in [0.25, 0.3) is 0 Å². The number of benzene rings is 1. The zero-order valence-corrected chi connectivity index (χ0v) is 33.3. The Hall–Kier alpha value is -2.97. The van der Waals surface area contributed by atoms with Crippen LogP contribution in [0.2, 0.25) is 0 Å². The molecule has 13 heteroatoms. The molecule has 2 rings (SSSR count). The number of likely N-dealkylation sites (tertiary alicyclic amines) is 1. The molecule has 3 amide bonds. The van der Waals surface area contributed by atoms with Crippen LogP contribution < -0.4 is 16.0 Å². The monoisotopic (exact) mass is 733 g/mol. The lowest BCUT2D eigenvalue weighted by molar-refractivity contribution is -0.142. The Morgan fingerprint density at radius 2 is 1.71 bits per heavy atom. The fourth-order valence-corrected chi connectivity index (χ4v) is 7.42. The molecule has 1 heterocycles. The number of nitrogens with one attached hydrogen (secondary N) is 3. The van der Waals surface area contributed by atoms with Crippen LogP contribution in [0.25, 0.3) is 0 Å². The Morgan fingerprint density at radius 1 is 1.08 bits per heavy atom. The summed E-state index contributed by atoms with van der Waals surface area (Å²) >= 11 is 5.74. The van der Waals surface area contributed by atoms with Crippen molar-refractivity contribution in [2.24, 2.45) is 17.8 Å². The summed E-state index contributed by atoms with van der Waals surface area (Å²) < 4.78 is 12.0. The average molecular weight is 734 g/mol. The third-order valence-electron chi connectivity index (χ3n) is 10.6. The molecule has 0 bridgehead atoms. The fourth-order valence-electron chi connectivity index (χ4n) is 7.14. The van der Waals surface area contributed by atoms with Gasteiger partial charge in [-0.15, -0.1) is 0 Å². The smallest absolute Gasteiger partial charge is 0.326 e. The first-order valence-corrected chi connectivity index (χ1v) is 18.5. The van der Waals surface area contributed by atoms with Crippen molar-refractivity contribution in [3.05, 3.63) is 35.9 Å². The minimum atomic E-state index is -1.00. The Balaban J connectivity index is 2.28. The van der Waals surface area contributed by atoms with E-state index >= 15 is 0 Å². The van der Waals surface area contributed by atoms with Gasteiger partial charge >= 0.3 is 5.97 Å². The average Bonchev–Trinajstić information content (AvgIpc) is 3.57. The molecule has 8 atom stereocenters. The normalized spacial score (nSPS) is 19.2. The Bertz CT molecular complexity index is 1310. The van der Waals surface area contributed by atoms with E-state index < -0.39 is 47.6 Å². The predicted octanol–water partition coefficient (Wildman–Crippen LogP) is 3.66. The first kappa shape index (κ1) is 44.2. The van der Waals surface area contributed by atoms with E-state index in [0.717, 1.165) is 18.4 Å². The van der Waals surface area contributed by atoms with Crippen LogP contribution in [0, 0.1) is 17.8 Å². The molecule has 0 aliphatic carbocycles. The van der Waals surface area contributed by atoms with Gasteiger partial charge in [-0.05, 0) is 58.2 Å². The Morgan fingerprint density at radius 3 is 2.22 bits per heavy atom. The summed E-state index contributed by atoms with van der Waals surface area (Å²) in [4.78, 5) is 57.1. The summed E-state index contributed by atoms with van der Waals surface area (Å²) in [6.45, 7) is 13.9. The first-order chi connectivity index (χ1) is 23.9. The van der Waals surface area contributed by atoms with Crippen LogP contribution in [0.15, 0.2) is 30.3 Å². The number of hydrogen-bond acceptors (Lipinski definition) is 9. The predicted molar refractivity (Wildman–Crippen MR) is 203 cm³/mol. The second kappa shape index (κ2) is 20.3. The number of thiocarbonyl (C=S) groups is 1. The zero-order valence-electron chi connectivity index (χ0n) is 32.5. The van der Waals surface area contributed by atoms with Crippen LogP contribution in [0.1, 0.15) is 79.7 Å². The number of aliphatic carboxylic acids is 1. The van der Waals surface area contributed by atoms with E-state index in [1.54, 1.807) is 35.1 Å². The number of amides is 3. The number of ether oxygens (including phenoxy) is 2. The zero-order chi connectivity index (χ0) is 38.6. The number of imide groups is 1. The topological polar surface area (TPSA) is 150 Å². The van der Waals surface area contributed by atoms with Gasteiger partial charge in [0, 0.05) is 39.1 Å². The van der Waals surface area contributed by atoms with Crippen molar-refractivity contribution < 1.29 is 33.8 Å². The molecular weight excluding hydrogens is 671 g/mol. The number of hydrogen-bond donors (Lipinski definition) is 4. The molecule has 288 valence electrons. The number of carbonyl (C=O) groups is 4. The van der Waals surface area contributed by atoms with Gasteiger partial charge in [0.15, 0.2) is 0 Å². The maximum absolute atomic E-state index is 14.2. The molecule has 12 nitrogen and oxygen atoms in total. The summed E-state index contributed by atoms with van der Waals surface area (Å²) in [5.74, 6) is -2.38. The highest BCUT2D eigenvalue weighted by Gasteiger charge is 2.43. The lowest BCUT2D eigenvalue weighted by Gasteiger charge is -2.43. The lowest BCUT2D eigenvalue weighted by atomic mass is 9.87. The molecule has 1 aromatic carbocycles. The molecule has 1 aromatic rings. The number of carboxylic acids is 1.